The van der Waals surface area contributed by atoms with Crippen molar-refractivity contribution in [3.63, 3.8) is 0 Å². The van der Waals surface area contributed by atoms with Gasteiger partial charge >= 0.3 is 5.97 Å². The van der Waals surface area contributed by atoms with E-state index in [0.29, 0.717) is 12.4 Å². The lowest BCUT2D eigenvalue weighted by Gasteiger charge is -2.07. The van der Waals surface area contributed by atoms with E-state index in [9.17, 15) is 9.00 Å². The summed E-state index contributed by atoms with van der Waals surface area (Å²) in [7, 11) is -1.18. The summed E-state index contributed by atoms with van der Waals surface area (Å²) in [5.74, 6) is 0.118. The zero-order chi connectivity index (χ0) is 18.0. The van der Waals surface area contributed by atoms with Gasteiger partial charge in [-0.15, -0.1) is 0 Å². The topological polar surface area (TPSA) is 52.6 Å². The Labute approximate surface area is 150 Å². The standard InChI is InChI=1S/C19H36O4S/c1-4-7-8-9-10-11-12-13-14-15-16-24(21)17-18(22-5-2)19(20)23-6-3/h17H,4-16H2,1-3H3. The molecule has 0 aromatic rings. The molecule has 0 radical (unpaired) electrons. The largest absolute Gasteiger partial charge is 0.486 e. The summed E-state index contributed by atoms with van der Waals surface area (Å²) in [5, 5.41) is 1.40. The second-order valence-electron chi connectivity index (χ2n) is 5.90. The highest BCUT2D eigenvalue weighted by molar-refractivity contribution is 7.88. The monoisotopic (exact) mass is 360 g/mol. The Morgan fingerprint density at radius 1 is 0.792 bits per heavy atom. The minimum absolute atomic E-state index is 0.0739. The van der Waals surface area contributed by atoms with Gasteiger partial charge in [-0.05, 0) is 20.3 Å². The van der Waals surface area contributed by atoms with E-state index in [0.717, 1.165) is 12.8 Å². The number of hydrogen-bond donors (Lipinski definition) is 0. The maximum atomic E-state index is 12.0. The Balaban J connectivity index is 3.79. The van der Waals surface area contributed by atoms with E-state index in [2.05, 4.69) is 6.92 Å². The van der Waals surface area contributed by atoms with E-state index in [-0.39, 0.29) is 12.4 Å². The predicted octanol–water partition coefficient (Wildman–Crippen LogP) is 5.10. The number of ether oxygens (including phenoxy) is 2. The smallest absolute Gasteiger partial charge is 0.374 e. The molecular weight excluding hydrogens is 324 g/mol. The summed E-state index contributed by atoms with van der Waals surface area (Å²) in [6.45, 7) is 6.41. The Morgan fingerprint density at radius 3 is 1.79 bits per heavy atom. The molecule has 0 heterocycles. The Bertz CT molecular complexity index is 366. The summed E-state index contributed by atoms with van der Waals surface area (Å²) >= 11 is 0. The third kappa shape index (κ3) is 13.6. The maximum absolute atomic E-state index is 12.0. The van der Waals surface area contributed by atoms with Gasteiger partial charge in [0, 0.05) is 16.6 Å². The molecule has 1 atom stereocenters. The lowest BCUT2D eigenvalue weighted by atomic mass is 10.1. The fourth-order valence-corrected chi connectivity index (χ4v) is 3.42. The van der Waals surface area contributed by atoms with Gasteiger partial charge in [-0.2, -0.15) is 0 Å². The second-order valence-corrected chi connectivity index (χ2v) is 7.31. The van der Waals surface area contributed by atoms with Gasteiger partial charge in [0.25, 0.3) is 0 Å². The van der Waals surface area contributed by atoms with Crippen LogP contribution in [0.1, 0.15) is 85.0 Å². The molecular formula is C19H36O4S. The SMILES string of the molecule is CCCCCCCCCCCCS(=O)C=C(OCC)C(=O)OCC. The van der Waals surface area contributed by atoms with Crippen molar-refractivity contribution < 1.29 is 18.5 Å². The van der Waals surface area contributed by atoms with E-state index >= 15 is 0 Å². The van der Waals surface area contributed by atoms with E-state index in [1.807, 2.05) is 0 Å². The molecule has 0 rings (SSSR count). The molecule has 0 N–H and O–H groups in total. The number of esters is 1. The predicted molar refractivity (Wildman–Crippen MR) is 101 cm³/mol. The first-order chi connectivity index (χ1) is 11.7. The van der Waals surface area contributed by atoms with Crippen LogP contribution in [0.5, 0.6) is 0 Å². The highest BCUT2D eigenvalue weighted by Crippen LogP contribution is 2.11. The van der Waals surface area contributed by atoms with Crippen LogP contribution in [0.15, 0.2) is 11.2 Å². The van der Waals surface area contributed by atoms with Crippen molar-refractivity contribution in [3.8, 4) is 0 Å². The summed E-state index contributed by atoms with van der Waals surface area (Å²) in [6, 6.07) is 0. The molecule has 142 valence electrons. The van der Waals surface area contributed by atoms with Crippen LogP contribution in [0.4, 0.5) is 0 Å². The molecule has 0 aliphatic carbocycles. The second kappa shape index (κ2) is 17.0. The van der Waals surface area contributed by atoms with E-state index in [1.165, 1.54) is 56.8 Å². The van der Waals surface area contributed by atoms with Crippen molar-refractivity contribution in [2.75, 3.05) is 19.0 Å². The van der Waals surface area contributed by atoms with Gasteiger partial charge in [-0.25, -0.2) is 4.79 Å². The molecule has 24 heavy (non-hydrogen) atoms. The average Bonchev–Trinajstić information content (AvgIpc) is 2.56. The zero-order valence-electron chi connectivity index (χ0n) is 15.8. The summed E-state index contributed by atoms with van der Waals surface area (Å²) in [4.78, 5) is 11.7. The van der Waals surface area contributed by atoms with E-state index in [1.54, 1.807) is 13.8 Å². The van der Waals surface area contributed by atoms with Crippen molar-refractivity contribution in [2.24, 2.45) is 0 Å². The molecule has 0 saturated carbocycles. The van der Waals surface area contributed by atoms with Crippen LogP contribution in [0.25, 0.3) is 0 Å². The van der Waals surface area contributed by atoms with Crippen molar-refractivity contribution in [3.05, 3.63) is 11.2 Å². The Hall–Kier alpha value is -0.840. The molecule has 0 aliphatic rings. The number of hydrogen-bond acceptors (Lipinski definition) is 4. The van der Waals surface area contributed by atoms with E-state index < -0.39 is 16.8 Å². The van der Waals surface area contributed by atoms with Crippen LogP contribution in [0, 0.1) is 0 Å². The highest BCUT2D eigenvalue weighted by atomic mass is 32.2. The molecule has 0 bridgehead atoms. The molecule has 0 amide bonds. The van der Waals surface area contributed by atoms with Crippen LogP contribution in [-0.4, -0.2) is 29.1 Å². The van der Waals surface area contributed by atoms with Gasteiger partial charge in [0.1, 0.15) is 0 Å². The minimum Gasteiger partial charge on any atom is -0.486 e. The van der Waals surface area contributed by atoms with Crippen LogP contribution >= 0.6 is 0 Å². The highest BCUT2D eigenvalue weighted by Gasteiger charge is 2.13. The van der Waals surface area contributed by atoms with E-state index in [4.69, 9.17) is 9.47 Å². The molecule has 0 aliphatic heterocycles. The molecule has 5 heteroatoms. The van der Waals surface area contributed by atoms with Crippen LogP contribution < -0.4 is 0 Å². The fourth-order valence-electron chi connectivity index (χ4n) is 2.41. The number of carbonyl (C=O) groups excluding carboxylic acids is 1. The van der Waals surface area contributed by atoms with Crippen LogP contribution in [0.2, 0.25) is 0 Å². The summed E-state index contributed by atoms with van der Waals surface area (Å²) in [5.41, 5.74) is 0. The van der Waals surface area contributed by atoms with Gasteiger partial charge in [0.05, 0.1) is 18.6 Å². The first kappa shape index (κ1) is 23.2. The van der Waals surface area contributed by atoms with Crippen molar-refractivity contribution >= 4 is 16.8 Å². The quantitative estimate of drug-likeness (QED) is 0.166. The first-order valence-corrected chi connectivity index (χ1v) is 10.9. The lowest BCUT2D eigenvalue weighted by molar-refractivity contribution is -0.142. The van der Waals surface area contributed by atoms with Gasteiger partial charge < -0.3 is 9.47 Å². The molecule has 0 aromatic heterocycles. The summed E-state index contributed by atoms with van der Waals surface area (Å²) < 4.78 is 22.1. The third-order valence-corrected chi connectivity index (χ3v) is 4.88. The maximum Gasteiger partial charge on any atom is 0.374 e. The molecule has 4 nitrogen and oxygen atoms in total. The minimum atomic E-state index is -1.18. The normalized spacial score (nSPS) is 12.9. The first-order valence-electron chi connectivity index (χ1n) is 9.54. The third-order valence-electron chi connectivity index (χ3n) is 3.71. The number of unbranched alkanes of at least 4 members (excludes halogenated alkanes) is 9. The van der Waals surface area contributed by atoms with Crippen molar-refractivity contribution in [1.82, 2.24) is 0 Å². The summed E-state index contributed by atoms with van der Waals surface area (Å²) in [6.07, 6.45) is 12.5. The van der Waals surface area contributed by atoms with Crippen molar-refractivity contribution in [1.29, 1.82) is 0 Å². The van der Waals surface area contributed by atoms with Gasteiger partial charge in [0.2, 0.25) is 5.76 Å². The Morgan fingerprint density at radius 2 is 1.29 bits per heavy atom. The van der Waals surface area contributed by atoms with Gasteiger partial charge in [-0.3, -0.25) is 4.21 Å². The molecule has 1 unspecified atom stereocenters. The molecule has 0 spiro atoms. The number of carbonyl (C=O) groups is 1. The zero-order valence-corrected chi connectivity index (χ0v) is 16.6. The average molecular weight is 361 g/mol. The molecule has 0 aromatic carbocycles. The van der Waals surface area contributed by atoms with Crippen LogP contribution in [-0.2, 0) is 25.1 Å². The Kier molecular flexibility index (Phi) is 16.4. The van der Waals surface area contributed by atoms with Gasteiger partial charge in [0.15, 0.2) is 0 Å². The molecule has 0 fully saturated rings. The molecule has 0 saturated heterocycles. The fraction of sp³-hybridized carbons (Fsp3) is 0.842. The van der Waals surface area contributed by atoms with Crippen LogP contribution in [0.3, 0.4) is 0 Å². The van der Waals surface area contributed by atoms with Gasteiger partial charge in [-0.1, -0.05) is 64.7 Å². The van der Waals surface area contributed by atoms with Crippen molar-refractivity contribution in [2.45, 2.75) is 85.0 Å². The number of rotatable bonds is 16. The lowest BCUT2D eigenvalue weighted by Crippen LogP contribution is -2.12.